The van der Waals surface area contributed by atoms with Gasteiger partial charge in [-0.2, -0.15) is 0 Å². The van der Waals surface area contributed by atoms with Gasteiger partial charge in [0.05, 0.1) is 0 Å². The van der Waals surface area contributed by atoms with Crippen LogP contribution in [0.3, 0.4) is 0 Å². The maximum Gasteiger partial charge on any atom is 0.312 e. The standard InChI is InChI=1S/C9H17N2O/c1-9(2,3)8-6-10-4-5-11(8)7-12/h8,10H,4-6H2,1-3H3. The fraction of sp³-hybridized carbons (Fsp3) is 0.889. The molecule has 1 fully saturated rings. The van der Waals surface area contributed by atoms with Crippen molar-refractivity contribution in [2.75, 3.05) is 19.6 Å². The van der Waals surface area contributed by atoms with Crippen LogP contribution in [-0.2, 0) is 4.79 Å². The minimum Gasteiger partial charge on any atom is -0.328 e. The molecule has 0 aromatic carbocycles. The normalized spacial score (nSPS) is 25.6. The maximum absolute atomic E-state index is 10.6. The van der Waals surface area contributed by atoms with Gasteiger partial charge >= 0.3 is 6.41 Å². The van der Waals surface area contributed by atoms with Crippen molar-refractivity contribution < 1.29 is 4.79 Å². The predicted octanol–water partition coefficient (Wildman–Crippen LogP) is 0.373. The molecular weight excluding hydrogens is 152 g/mol. The van der Waals surface area contributed by atoms with E-state index >= 15 is 0 Å². The first-order chi connectivity index (χ1) is 5.55. The second-order valence-electron chi connectivity index (χ2n) is 4.37. The molecule has 1 amide bonds. The molecule has 69 valence electrons. The Morgan fingerprint density at radius 1 is 1.50 bits per heavy atom. The second-order valence-corrected chi connectivity index (χ2v) is 4.37. The molecule has 1 aliphatic heterocycles. The van der Waals surface area contributed by atoms with Gasteiger partial charge in [0.1, 0.15) is 0 Å². The Hall–Kier alpha value is -0.570. The summed E-state index contributed by atoms with van der Waals surface area (Å²) in [6, 6.07) is 0.281. The van der Waals surface area contributed by atoms with Crippen LogP contribution in [0.15, 0.2) is 0 Å². The molecule has 3 nitrogen and oxygen atoms in total. The lowest BCUT2D eigenvalue weighted by atomic mass is 9.85. The van der Waals surface area contributed by atoms with Gasteiger partial charge in [0, 0.05) is 25.7 Å². The fourth-order valence-electron chi connectivity index (χ4n) is 1.59. The Morgan fingerprint density at radius 2 is 2.17 bits per heavy atom. The van der Waals surface area contributed by atoms with Crippen LogP contribution < -0.4 is 5.32 Å². The summed E-state index contributed by atoms with van der Waals surface area (Å²) in [5.41, 5.74) is 0.144. The molecule has 0 bridgehead atoms. The lowest BCUT2D eigenvalue weighted by molar-refractivity contribution is 0.134. The van der Waals surface area contributed by atoms with Crippen LogP contribution in [0.25, 0.3) is 0 Å². The Labute approximate surface area is 74.1 Å². The van der Waals surface area contributed by atoms with E-state index in [2.05, 4.69) is 26.1 Å². The number of amides is 1. The van der Waals surface area contributed by atoms with Crippen molar-refractivity contribution in [2.24, 2.45) is 5.41 Å². The van der Waals surface area contributed by atoms with Crippen molar-refractivity contribution in [3.63, 3.8) is 0 Å². The molecule has 0 spiro atoms. The van der Waals surface area contributed by atoms with E-state index in [4.69, 9.17) is 0 Å². The number of rotatable bonds is 1. The number of hydrogen-bond acceptors (Lipinski definition) is 2. The van der Waals surface area contributed by atoms with Gasteiger partial charge in [-0.25, -0.2) is 0 Å². The first-order valence-electron chi connectivity index (χ1n) is 4.41. The fourth-order valence-corrected chi connectivity index (χ4v) is 1.59. The first-order valence-corrected chi connectivity index (χ1v) is 4.41. The van der Waals surface area contributed by atoms with E-state index in [1.807, 2.05) is 6.41 Å². The average molecular weight is 169 g/mol. The Kier molecular flexibility index (Phi) is 2.73. The van der Waals surface area contributed by atoms with Crippen LogP contribution in [0, 0.1) is 5.41 Å². The minimum atomic E-state index is 0.144. The van der Waals surface area contributed by atoms with Gasteiger partial charge in [0.2, 0.25) is 0 Å². The zero-order valence-electron chi connectivity index (χ0n) is 8.05. The van der Waals surface area contributed by atoms with E-state index < -0.39 is 0 Å². The Morgan fingerprint density at radius 3 is 2.58 bits per heavy atom. The third-order valence-corrected chi connectivity index (χ3v) is 2.36. The van der Waals surface area contributed by atoms with Crippen LogP contribution in [0.2, 0.25) is 0 Å². The molecule has 0 saturated carbocycles. The van der Waals surface area contributed by atoms with E-state index in [0.29, 0.717) is 0 Å². The quantitative estimate of drug-likeness (QED) is 0.615. The van der Waals surface area contributed by atoms with Gasteiger partial charge in [-0.05, 0) is 5.41 Å². The van der Waals surface area contributed by atoms with Gasteiger partial charge in [-0.1, -0.05) is 20.8 Å². The SMILES string of the molecule is CC(C)(C)C1CNCCN1[C]=O. The highest BCUT2D eigenvalue weighted by Crippen LogP contribution is 2.24. The molecule has 0 aliphatic carbocycles. The van der Waals surface area contributed by atoms with Crippen molar-refractivity contribution in [1.29, 1.82) is 0 Å². The van der Waals surface area contributed by atoms with Crippen LogP contribution in [0.4, 0.5) is 0 Å². The number of nitrogens with one attached hydrogen (secondary N) is 1. The molecule has 0 aromatic rings. The maximum atomic E-state index is 10.6. The van der Waals surface area contributed by atoms with Crippen molar-refractivity contribution in [1.82, 2.24) is 10.2 Å². The van der Waals surface area contributed by atoms with Gasteiger partial charge in [-0.15, -0.1) is 0 Å². The zero-order valence-corrected chi connectivity index (χ0v) is 8.05. The van der Waals surface area contributed by atoms with Crippen LogP contribution in [0.5, 0.6) is 0 Å². The minimum absolute atomic E-state index is 0.144. The summed E-state index contributed by atoms with van der Waals surface area (Å²) in [6.07, 6.45) is 2.00. The van der Waals surface area contributed by atoms with Gasteiger partial charge in [-0.3, -0.25) is 4.79 Å². The average Bonchev–Trinajstić information content (AvgIpc) is 2.03. The number of hydrogen-bond donors (Lipinski definition) is 1. The van der Waals surface area contributed by atoms with Crippen molar-refractivity contribution in [3.8, 4) is 0 Å². The second kappa shape index (κ2) is 3.44. The molecule has 0 aromatic heterocycles. The summed E-state index contributed by atoms with van der Waals surface area (Å²) < 4.78 is 0. The highest BCUT2D eigenvalue weighted by atomic mass is 16.1. The summed E-state index contributed by atoms with van der Waals surface area (Å²) in [6.45, 7) is 9.00. The summed E-state index contributed by atoms with van der Waals surface area (Å²) >= 11 is 0. The monoisotopic (exact) mass is 169 g/mol. The molecule has 1 N–H and O–H groups in total. The molecule has 1 unspecified atom stereocenters. The van der Waals surface area contributed by atoms with E-state index in [1.165, 1.54) is 0 Å². The zero-order chi connectivity index (χ0) is 9.19. The third kappa shape index (κ3) is 1.97. The van der Waals surface area contributed by atoms with E-state index in [-0.39, 0.29) is 11.5 Å². The number of nitrogens with zero attached hydrogens (tertiary/aromatic N) is 1. The smallest absolute Gasteiger partial charge is 0.312 e. The van der Waals surface area contributed by atoms with E-state index in [1.54, 1.807) is 4.90 Å². The topological polar surface area (TPSA) is 32.3 Å². The largest absolute Gasteiger partial charge is 0.328 e. The molecule has 1 atom stereocenters. The van der Waals surface area contributed by atoms with Gasteiger partial charge < -0.3 is 10.2 Å². The summed E-state index contributed by atoms with van der Waals surface area (Å²) in [7, 11) is 0. The highest BCUT2D eigenvalue weighted by Gasteiger charge is 2.31. The molecule has 1 radical (unpaired) electrons. The molecule has 1 saturated heterocycles. The van der Waals surface area contributed by atoms with Crippen molar-refractivity contribution in [3.05, 3.63) is 0 Å². The molecule has 3 heteroatoms. The molecule has 1 heterocycles. The van der Waals surface area contributed by atoms with Crippen molar-refractivity contribution >= 4 is 6.41 Å². The third-order valence-electron chi connectivity index (χ3n) is 2.36. The number of carbonyl (C=O) groups excluding carboxylic acids is 1. The van der Waals surface area contributed by atoms with Crippen LogP contribution in [-0.4, -0.2) is 37.0 Å². The summed E-state index contributed by atoms with van der Waals surface area (Å²) in [5.74, 6) is 0. The first kappa shape index (κ1) is 9.52. The lowest BCUT2D eigenvalue weighted by Gasteiger charge is -2.40. The number of piperazine rings is 1. The van der Waals surface area contributed by atoms with E-state index in [9.17, 15) is 4.79 Å². The van der Waals surface area contributed by atoms with Gasteiger partial charge in [0.25, 0.3) is 0 Å². The van der Waals surface area contributed by atoms with Gasteiger partial charge in [0.15, 0.2) is 0 Å². The predicted molar refractivity (Wildman–Crippen MR) is 48.5 cm³/mol. The summed E-state index contributed by atoms with van der Waals surface area (Å²) in [4.78, 5) is 12.4. The molecule has 12 heavy (non-hydrogen) atoms. The Bertz CT molecular complexity index is 162. The summed E-state index contributed by atoms with van der Waals surface area (Å²) in [5, 5.41) is 3.29. The van der Waals surface area contributed by atoms with E-state index in [0.717, 1.165) is 19.6 Å². The Balaban J connectivity index is 2.65. The lowest BCUT2D eigenvalue weighted by Crippen LogP contribution is -2.55. The van der Waals surface area contributed by atoms with Crippen LogP contribution in [0.1, 0.15) is 20.8 Å². The molecule has 1 rings (SSSR count). The molecule has 1 aliphatic rings. The highest BCUT2D eigenvalue weighted by molar-refractivity contribution is 5.49. The van der Waals surface area contributed by atoms with Crippen molar-refractivity contribution in [2.45, 2.75) is 26.8 Å². The molecular formula is C9H17N2O. The van der Waals surface area contributed by atoms with Crippen LogP contribution >= 0.6 is 0 Å².